The summed E-state index contributed by atoms with van der Waals surface area (Å²) in [7, 11) is 0. The van der Waals surface area contributed by atoms with Gasteiger partial charge in [-0.15, -0.1) is 0 Å². The van der Waals surface area contributed by atoms with Crippen LogP contribution in [-0.2, 0) is 4.79 Å². The molecule has 1 unspecified atom stereocenters. The van der Waals surface area contributed by atoms with E-state index < -0.39 is 6.04 Å². The molecule has 1 heterocycles. The van der Waals surface area contributed by atoms with Crippen molar-refractivity contribution in [3.8, 4) is 0 Å². The summed E-state index contributed by atoms with van der Waals surface area (Å²) in [5, 5.41) is 5.52. The Morgan fingerprint density at radius 2 is 1.83 bits per heavy atom. The zero-order chi connectivity index (χ0) is 16.2. The molecule has 1 fully saturated rings. The third kappa shape index (κ3) is 3.31. The number of hydrogen-bond acceptors (Lipinski definition) is 2. The molecule has 2 aromatic carbocycles. The lowest BCUT2D eigenvalue weighted by Crippen LogP contribution is -2.53. The fourth-order valence-electron chi connectivity index (χ4n) is 2.58. The van der Waals surface area contributed by atoms with E-state index >= 15 is 0 Å². The second-order valence-electron chi connectivity index (χ2n) is 5.23. The lowest BCUT2D eigenvalue weighted by atomic mass is 10.0. The standard InChI is InChI=1S/C17H16FN3O2/c18-13-8-6-12(7-9-13)15-16(22)19-10-11-21(15)17(23)20-14-4-2-1-3-5-14/h1-9,15H,10-11H2,(H,19,22)(H,20,23). The van der Waals surface area contributed by atoms with Crippen molar-refractivity contribution >= 4 is 17.6 Å². The molecule has 0 radical (unpaired) electrons. The molecule has 3 amide bonds. The number of piperazine rings is 1. The molecule has 0 bridgehead atoms. The summed E-state index contributed by atoms with van der Waals surface area (Å²) in [4.78, 5) is 26.2. The maximum atomic E-state index is 13.1. The van der Waals surface area contributed by atoms with Crippen LogP contribution in [0.2, 0.25) is 0 Å². The van der Waals surface area contributed by atoms with Crippen LogP contribution in [0.1, 0.15) is 11.6 Å². The number of anilines is 1. The molecule has 1 aliphatic heterocycles. The van der Waals surface area contributed by atoms with Crippen LogP contribution < -0.4 is 10.6 Å². The minimum absolute atomic E-state index is 0.272. The van der Waals surface area contributed by atoms with E-state index in [1.165, 1.54) is 29.2 Å². The van der Waals surface area contributed by atoms with Crippen LogP contribution in [0.4, 0.5) is 14.9 Å². The molecule has 0 aliphatic carbocycles. The summed E-state index contributed by atoms with van der Waals surface area (Å²) in [5.74, 6) is -0.656. The van der Waals surface area contributed by atoms with Gasteiger partial charge in [0.1, 0.15) is 11.9 Å². The van der Waals surface area contributed by atoms with Crippen LogP contribution in [0.5, 0.6) is 0 Å². The number of urea groups is 1. The number of amides is 3. The minimum Gasteiger partial charge on any atom is -0.352 e. The van der Waals surface area contributed by atoms with E-state index in [0.29, 0.717) is 24.3 Å². The second-order valence-corrected chi connectivity index (χ2v) is 5.23. The van der Waals surface area contributed by atoms with Crippen LogP contribution in [0, 0.1) is 5.82 Å². The molecule has 1 atom stereocenters. The molecule has 3 rings (SSSR count). The van der Waals surface area contributed by atoms with Gasteiger partial charge in [-0.1, -0.05) is 30.3 Å². The van der Waals surface area contributed by atoms with Crippen molar-refractivity contribution in [3.63, 3.8) is 0 Å². The number of carbonyl (C=O) groups is 2. The van der Waals surface area contributed by atoms with Crippen molar-refractivity contribution in [1.82, 2.24) is 10.2 Å². The molecule has 2 aromatic rings. The Balaban J connectivity index is 1.84. The molecular formula is C17H16FN3O2. The van der Waals surface area contributed by atoms with Gasteiger partial charge in [0.05, 0.1) is 0 Å². The molecule has 6 heteroatoms. The first-order valence-corrected chi connectivity index (χ1v) is 7.31. The van der Waals surface area contributed by atoms with Crippen LogP contribution in [0.15, 0.2) is 54.6 Å². The first kappa shape index (κ1) is 15.0. The quantitative estimate of drug-likeness (QED) is 0.895. The Labute approximate surface area is 133 Å². The van der Waals surface area contributed by atoms with Crippen LogP contribution in [0.25, 0.3) is 0 Å². The van der Waals surface area contributed by atoms with Gasteiger partial charge in [-0.05, 0) is 29.8 Å². The fourth-order valence-corrected chi connectivity index (χ4v) is 2.58. The number of rotatable bonds is 2. The van der Waals surface area contributed by atoms with Gasteiger partial charge in [-0.3, -0.25) is 4.79 Å². The second kappa shape index (κ2) is 6.48. The first-order chi connectivity index (χ1) is 11.1. The average Bonchev–Trinajstić information content (AvgIpc) is 2.56. The van der Waals surface area contributed by atoms with Gasteiger partial charge in [0, 0.05) is 18.8 Å². The number of halogens is 1. The number of benzene rings is 2. The highest BCUT2D eigenvalue weighted by Crippen LogP contribution is 2.24. The highest BCUT2D eigenvalue weighted by Gasteiger charge is 2.34. The summed E-state index contributed by atoms with van der Waals surface area (Å²) in [6.07, 6.45) is 0. The molecule has 0 spiro atoms. The Hall–Kier alpha value is -2.89. The number of para-hydroxylation sites is 1. The van der Waals surface area contributed by atoms with E-state index in [1.54, 1.807) is 12.1 Å². The Bertz CT molecular complexity index is 704. The number of hydrogen-bond donors (Lipinski definition) is 2. The molecule has 23 heavy (non-hydrogen) atoms. The van der Waals surface area contributed by atoms with Gasteiger partial charge in [0.25, 0.3) is 0 Å². The van der Waals surface area contributed by atoms with Crippen LogP contribution in [-0.4, -0.2) is 29.9 Å². The fraction of sp³-hybridized carbons (Fsp3) is 0.176. The van der Waals surface area contributed by atoms with E-state index in [2.05, 4.69) is 10.6 Å². The zero-order valence-electron chi connectivity index (χ0n) is 12.3. The van der Waals surface area contributed by atoms with Crippen molar-refractivity contribution in [2.75, 3.05) is 18.4 Å². The third-order valence-corrected chi connectivity index (χ3v) is 3.68. The topological polar surface area (TPSA) is 61.4 Å². The lowest BCUT2D eigenvalue weighted by molar-refractivity contribution is -0.127. The van der Waals surface area contributed by atoms with E-state index in [4.69, 9.17) is 0 Å². The normalized spacial score (nSPS) is 17.5. The largest absolute Gasteiger partial charge is 0.352 e. The highest BCUT2D eigenvalue weighted by atomic mass is 19.1. The average molecular weight is 313 g/mol. The molecule has 2 N–H and O–H groups in total. The van der Waals surface area contributed by atoms with Crippen molar-refractivity contribution in [1.29, 1.82) is 0 Å². The van der Waals surface area contributed by atoms with Gasteiger partial charge in [-0.25, -0.2) is 9.18 Å². The maximum Gasteiger partial charge on any atom is 0.322 e. The van der Waals surface area contributed by atoms with Crippen LogP contribution >= 0.6 is 0 Å². The number of nitrogens with one attached hydrogen (secondary N) is 2. The van der Waals surface area contributed by atoms with E-state index in [9.17, 15) is 14.0 Å². The zero-order valence-corrected chi connectivity index (χ0v) is 12.3. The molecule has 118 valence electrons. The van der Waals surface area contributed by atoms with Gasteiger partial charge in [-0.2, -0.15) is 0 Å². The van der Waals surface area contributed by atoms with E-state index in [-0.39, 0.29) is 17.8 Å². The van der Waals surface area contributed by atoms with Gasteiger partial charge < -0.3 is 15.5 Å². The Kier molecular flexibility index (Phi) is 4.23. The molecule has 1 aliphatic rings. The van der Waals surface area contributed by atoms with E-state index in [1.807, 2.05) is 18.2 Å². The summed E-state index contributed by atoms with van der Waals surface area (Å²) in [6.45, 7) is 0.769. The minimum atomic E-state index is -0.770. The summed E-state index contributed by atoms with van der Waals surface area (Å²) >= 11 is 0. The smallest absolute Gasteiger partial charge is 0.322 e. The molecular weight excluding hydrogens is 297 g/mol. The van der Waals surface area contributed by atoms with E-state index in [0.717, 1.165) is 0 Å². The summed E-state index contributed by atoms with van der Waals surface area (Å²) < 4.78 is 13.1. The van der Waals surface area contributed by atoms with Gasteiger partial charge >= 0.3 is 6.03 Å². The molecule has 5 nitrogen and oxygen atoms in total. The predicted molar refractivity (Wildman–Crippen MR) is 84.3 cm³/mol. The van der Waals surface area contributed by atoms with Crippen molar-refractivity contribution < 1.29 is 14.0 Å². The molecule has 1 saturated heterocycles. The summed E-state index contributed by atoms with van der Waals surface area (Å²) in [6, 6.07) is 13.5. The lowest BCUT2D eigenvalue weighted by Gasteiger charge is -2.35. The van der Waals surface area contributed by atoms with Crippen molar-refractivity contribution in [2.24, 2.45) is 0 Å². The Morgan fingerprint density at radius 1 is 1.13 bits per heavy atom. The van der Waals surface area contributed by atoms with Gasteiger partial charge in [0.15, 0.2) is 0 Å². The summed E-state index contributed by atoms with van der Waals surface area (Å²) in [5.41, 5.74) is 1.23. The first-order valence-electron chi connectivity index (χ1n) is 7.31. The van der Waals surface area contributed by atoms with Crippen molar-refractivity contribution in [3.05, 3.63) is 66.0 Å². The number of nitrogens with zero attached hydrogens (tertiary/aromatic N) is 1. The van der Waals surface area contributed by atoms with Gasteiger partial charge in [0.2, 0.25) is 5.91 Å². The molecule has 0 saturated carbocycles. The molecule has 0 aromatic heterocycles. The SMILES string of the molecule is O=C1NCCN(C(=O)Nc2ccccc2)C1c1ccc(F)cc1. The van der Waals surface area contributed by atoms with Crippen LogP contribution in [0.3, 0.4) is 0 Å². The third-order valence-electron chi connectivity index (χ3n) is 3.68. The maximum absolute atomic E-state index is 13.1. The Morgan fingerprint density at radius 3 is 2.52 bits per heavy atom. The predicted octanol–water partition coefficient (Wildman–Crippen LogP) is 2.53. The van der Waals surface area contributed by atoms with Crippen molar-refractivity contribution in [2.45, 2.75) is 6.04 Å². The highest BCUT2D eigenvalue weighted by molar-refractivity contribution is 5.95. The number of carbonyl (C=O) groups excluding carboxylic acids is 2. The monoisotopic (exact) mass is 313 g/mol.